The Balaban J connectivity index is 2.53. The molecule has 0 heterocycles. The van der Waals surface area contributed by atoms with E-state index in [1.807, 2.05) is 0 Å². The predicted octanol–water partition coefficient (Wildman–Crippen LogP) is 3.48. The van der Waals surface area contributed by atoms with Crippen molar-refractivity contribution in [3.8, 4) is 0 Å². The van der Waals surface area contributed by atoms with Crippen LogP contribution in [0.1, 0.15) is 66.2 Å². The van der Waals surface area contributed by atoms with Crippen LogP contribution in [-0.4, -0.2) is 44.1 Å². The Labute approximate surface area is 183 Å². The average molecular weight is 440 g/mol. The molecule has 0 aromatic heterocycles. The molecule has 172 valence electrons. The molecule has 0 unspecified atom stereocenters. The topological polar surface area (TPSA) is 119 Å². The first-order valence-electron chi connectivity index (χ1n) is 10.9. The van der Waals surface area contributed by atoms with Gasteiger partial charge in [0, 0.05) is 0 Å². The molecule has 6 nitrogen and oxygen atoms in total. The molecule has 30 heavy (non-hydrogen) atoms. The molecule has 7 heteroatoms. The number of rotatable bonds is 12. The van der Waals surface area contributed by atoms with E-state index in [1.165, 1.54) is 24.0 Å². The van der Waals surface area contributed by atoms with E-state index in [9.17, 15) is 13.5 Å². The van der Waals surface area contributed by atoms with Crippen LogP contribution in [0.15, 0.2) is 39.9 Å². The first-order valence-corrected chi connectivity index (χ1v) is 12.7. The number of nitrogens with zero attached hydrogens (tertiary/aromatic N) is 1. The first kappa shape index (κ1) is 26.4. The molecule has 0 aromatic rings. The van der Waals surface area contributed by atoms with Crippen LogP contribution in [0, 0.1) is 11.3 Å². The fourth-order valence-corrected chi connectivity index (χ4v) is 4.91. The molecule has 0 saturated carbocycles. The molecule has 1 aliphatic carbocycles. The highest BCUT2D eigenvalue weighted by molar-refractivity contribution is 7.91. The average Bonchev–Trinajstić information content (AvgIpc) is 2.66. The van der Waals surface area contributed by atoms with Gasteiger partial charge in [0.25, 0.3) is 0 Å². The van der Waals surface area contributed by atoms with Crippen molar-refractivity contribution in [2.45, 2.75) is 66.2 Å². The molecule has 0 spiro atoms. The van der Waals surface area contributed by atoms with Gasteiger partial charge in [0.1, 0.15) is 0 Å². The summed E-state index contributed by atoms with van der Waals surface area (Å²) in [4.78, 5) is 3.70. The highest BCUT2D eigenvalue weighted by atomic mass is 32.2. The predicted molar refractivity (Wildman–Crippen MR) is 127 cm³/mol. The minimum atomic E-state index is -3.29. The monoisotopic (exact) mass is 439 g/mol. The van der Waals surface area contributed by atoms with Crippen LogP contribution < -0.4 is 11.5 Å². The van der Waals surface area contributed by atoms with Crippen molar-refractivity contribution in [2.24, 2.45) is 27.8 Å². The van der Waals surface area contributed by atoms with Crippen molar-refractivity contribution in [3.63, 3.8) is 0 Å². The number of aliphatic hydroxyl groups excluding tert-OH is 1. The van der Waals surface area contributed by atoms with Gasteiger partial charge in [0.05, 0.1) is 24.7 Å². The van der Waals surface area contributed by atoms with Crippen molar-refractivity contribution in [3.05, 3.63) is 34.9 Å². The van der Waals surface area contributed by atoms with Gasteiger partial charge in [0.15, 0.2) is 15.8 Å². The van der Waals surface area contributed by atoms with Gasteiger partial charge < -0.3 is 16.6 Å². The van der Waals surface area contributed by atoms with Gasteiger partial charge in [-0.25, -0.2) is 8.42 Å². The van der Waals surface area contributed by atoms with E-state index in [0.717, 1.165) is 24.8 Å². The van der Waals surface area contributed by atoms with E-state index < -0.39 is 9.84 Å². The van der Waals surface area contributed by atoms with Crippen LogP contribution >= 0.6 is 0 Å². The number of allylic oxidation sites excluding steroid dienone is 4. The van der Waals surface area contributed by atoms with Gasteiger partial charge in [-0.2, -0.15) is 0 Å². The molecule has 0 radical (unpaired) electrons. The Hall–Kier alpha value is -1.60. The fraction of sp³-hybridized carbons (Fsp3) is 0.696. The molecule has 2 atom stereocenters. The largest absolute Gasteiger partial charge is 0.392 e. The third-order valence-electron chi connectivity index (χ3n) is 6.56. The number of hydrogen-bond acceptors (Lipinski definition) is 4. The molecular formula is C23H41N3O3S. The third kappa shape index (κ3) is 9.04. The Morgan fingerprint density at radius 1 is 1.33 bits per heavy atom. The zero-order chi connectivity index (χ0) is 22.8. The van der Waals surface area contributed by atoms with Gasteiger partial charge in [-0.3, -0.25) is 4.99 Å². The maximum absolute atomic E-state index is 12.0. The SMILES string of the molecule is CC1=CCC[C@H](C)[C@@]1(C)CC/C(C)=C/CC/C(=C/CS(=O)(=O)CCN=C(N)N)CO. The van der Waals surface area contributed by atoms with Crippen molar-refractivity contribution in [1.82, 2.24) is 0 Å². The molecule has 0 amide bonds. The van der Waals surface area contributed by atoms with Crippen LogP contribution in [-0.2, 0) is 9.84 Å². The van der Waals surface area contributed by atoms with Crippen molar-refractivity contribution in [2.75, 3.05) is 24.7 Å². The van der Waals surface area contributed by atoms with Crippen molar-refractivity contribution in [1.29, 1.82) is 0 Å². The maximum atomic E-state index is 12.0. The normalized spacial score (nSPS) is 23.2. The van der Waals surface area contributed by atoms with E-state index in [1.54, 1.807) is 6.08 Å². The second-order valence-corrected chi connectivity index (χ2v) is 11.0. The van der Waals surface area contributed by atoms with Crippen molar-refractivity contribution < 1.29 is 13.5 Å². The number of hydrogen-bond donors (Lipinski definition) is 3. The summed E-state index contributed by atoms with van der Waals surface area (Å²) in [6, 6.07) is 0. The highest BCUT2D eigenvalue weighted by Gasteiger charge is 2.34. The summed E-state index contributed by atoms with van der Waals surface area (Å²) in [5, 5.41) is 9.56. The maximum Gasteiger partial charge on any atom is 0.185 e. The fourth-order valence-electron chi connectivity index (χ4n) is 3.88. The summed E-state index contributed by atoms with van der Waals surface area (Å²) in [6.07, 6.45) is 12.3. The molecule has 0 aromatic carbocycles. The van der Waals surface area contributed by atoms with Crippen LogP contribution in [0.25, 0.3) is 0 Å². The lowest BCUT2D eigenvalue weighted by molar-refractivity contribution is 0.211. The number of guanidine groups is 1. The molecule has 0 bridgehead atoms. The van der Waals surface area contributed by atoms with Gasteiger partial charge in [-0.1, -0.05) is 43.2 Å². The standard InChI is InChI=1S/C23H41N3O3S/c1-18(11-13-23(4)19(2)8-6-9-20(23)3)7-5-10-21(17-27)12-15-30(28,29)16-14-26-22(24)25/h7-8,12,20,27H,5-6,9-11,13-17H2,1-4H3,(H4,24,25,26)/b18-7+,21-12-/t20-,23-/m0/s1. The van der Waals surface area contributed by atoms with Crippen LogP contribution in [0.5, 0.6) is 0 Å². The molecule has 5 N–H and O–H groups in total. The summed E-state index contributed by atoms with van der Waals surface area (Å²) >= 11 is 0. The second kappa shape index (κ2) is 12.3. The lowest BCUT2D eigenvalue weighted by Crippen LogP contribution is -2.29. The Morgan fingerprint density at radius 2 is 2.03 bits per heavy atom. The number of sulfone groups is 1. The van der Waals surface area contributed by atoms with Gasteiger partial charge >= 0.3 is 0 Å². The first-order chi connectivity index (χ1) is 14.0. The molecule has 0 saturated heterocycles. The van der Waals surface area contributed by atoms with E-state index in [-0.39, 0.29) is 36.0 Å². The van der Waals surface area contributed by atoms with Gasteiger partial charge in [-0.15, -0.1) is 0 Å². The zero-order valence-electron chi connectivity index (χ0n) is 19.2. The number of aliphatic hydroxyl groups is 1. The summed E-state index contributed by atoms with van der Waals surface area (Å²) in [5.41, 5.74) is 14.3. The summed E-state index contributed by atoms with van der Waals surface area (Å²) in [7, 11) is -3.29. The smallest absolute Gasteiger partial charge is 0.185 e. The van der Waals surface area contributed by atoms with E-state index in [2.05, 4.69) is 44.8 Å². The summed E-state index contributed by atoms with van der Waals surface area (Å²) in [5.74, 6) is 0.377. The van der Waals surface area contributed by atoms with Gasteiger partial charge in [-0.05, 0) is 69.3 Å². The Morgan fingerprint density at radius 3 is 2.63 bits per heavy atom. The lowest BCUT2D eigenvalue weighted by atomic mass is 9.65. The van der Waals surface area contributed by atoms with E-state index >= 15 is 0 Å². The molecule has 0 aliphatic heterocycles. The van der Waals surface area contributed by atoms with Crippen molar-refractivity contribution >= 4 is 15.8 Å². The molecular weight excluding hydrogens is 398 g/mol. The minimum absolute atomic E-state index is 0.0566. The molecule has 0 fully saturated rings. The Bertz CT molecular complexity index is 778. The van der Waals surface area contributed by atoms with E-state index in [0.29, 0.717) is 12.3 Å². The quantitative estimate of drug-likeness (QED) is 0.244. The number of nitrogens with two attached hydrogens (primary N) is 2. The van der Waals surface area contributed by atoms with Gasteiger partial charge in [0.2, 0.25) is 0 Å². The zero-order valence-corrected chi connectivity index (χ0v) is 20.0. The van der Waals surface area contributed by atoms with E-state index in [4.69, 9.17) is 11.5 Å². The number of aliphatic imine (C=N–C) groups is 1. The van der Waals surface area contributed by atoms with Crippen LogP contribution in [0.2, 0.25) is 0 Å². The van der Waals surface area contributed by atoms with Crippen LogP contribution in [0.4, 0.5) is 0 Å². The molecule has 1 rings (SSSR count). The molecule has 1 aliphatic rings. The summed E-state index contributed by atoms with van der Waals surface area (Å²) < 4.78 is 24.1. The second-order valence-electron chi connectivity index (χ2n) is 8.81. The van der Waals surface area contributed by atoms with Crippen LogP contribution in [0.3, 0.4) is 0 Å². The lowest BCUT2D eigenvalue weighted by Gasteiger charge is -2.40. The minimum Gasteiger partial charge on any atom is -0.392 e. The third-order valence-corrected chi connectivity index (χ3v) is 8.04. The summed E-state index contributed by atoms with van der Waals surface area (Å²) in [6.45, 7) is 9.09. The Kier molecular flexibility index (Phi) is 10.8. The highest BCUT2D eigenvalue weighted by Crippen LogP contribution is 2.45.